The maximum absolute atomic E-state index is 11.1. The van der Waals surface area contributed by atoms with E-state index in [1.165, 1.54) is 0 Å². The van der Waals surface area contributed by atoms with Crippen LogP contribution in [0, 0.1) is 0 Å². The van der Waals surface area contributed by atoms with Gasteiger partial charge < -0.3 is 9.72 Å². The molecule has 0 bridgehead atoms. The van der Waals surface area contributed by atoms with Crippen LogP contribution in [0.15, 0.2) is 17.2 Å². The van der Waals surface area contributed by atoms with E-state index < -0.39 is 0 Å². The molecule has 1 aliphatic rings. The third-order valence-electron chi connectivity index (χ3n) is 2.73. The molecule has 0 saturated heterocycles. The summed E-state index contributed by atoms with van der Waals surface area (Å²) in [5.74, 6) is 1.71. The number of benzene rings is 1. The van der Waals surface area contributed by atoms with Gasteiger partial charge in [0.15, 0.2) is 5.82 Å². The number of imidazole rings is 1. The Morgan fingerprint density at radius 1 is 1.48 bits per heavy atom. The Labute approximate surface area is 136 Å². The molecule has 2 heterocycles. The smallest absolute Gasteiger partial charge is 0.299 e. The van der Waals surface area contributed by atoms with Crippen molar-refractivity contribution in [2.75, 3.05) is 12.4 Å². The molecule has 9 heteroatoms. The number of nitrogens with one attached hydrogen (secondary N) is 2. The molecule has 0 unspecified atom stereocenters. The minimum atomic E-state index is -0.161. The number of halogens is 2. The highest BCUT2D eigenvalue weighted by Gasteiger charge is 2.17. The van der Waals surface area contributed by atoms with Gasteiger partial charge in [-0.05, 0) is 13.0 Å². The van der Waals surface area contributed by atoms with E-state index in [2.05, 4.69) is 20.5 Å². The Morgan fingerprint density at radius 3 is 2.95 bits per heavy atom. The molecule has 1 aromatic carbocycles. The highest BCUT2D eigenvalue weighted by atomic mass is 35.5. The standard InChI is InChI=1S/C12H11ClN4O2S.ClH/c1-2-19-10-4-8-7(3-6(10)13)14-11(15-8)9-5-20-12(18)17-16-9;/h3-4H,2,5H2,1H3,(H,14,15)(H,17,18);1H. The number of aromatic amines is 1. The molecule has 0 aliphatic carbocycles. The minimum absolute atomic E-state index is 0. The number of thioether (sulfide) groups is 1. The maximum atomic E-state index is 11.1. The topological polar surface area (TPSA) is 79.4 Å². The average Bonchev–Trinajstić information content (AvgIpc) is 2.83. The fourth-order valence-corrected chi connectivity index (χ4v) is 2.64. The number of hydrogen-bond acceptors (Lipinski definition) is 5. The third-order valence-corrected chi connectivity index (χ3v) is 3.80. The SMILES string of the molecule is CCOc1cc2nc(C3=NNC(=O)SC3)[nH]c2cc1Cl.Cl. The summed E-state index contributed by atoms with van der Waals surface area (Å²) in [6, 6.07) is 3.56. The lowest BCUT2D eigenvalue weighted by atomic mass is 10.3. The lowest BCUT2D eigenvalue weighted by molar-refractivity contribution is 0.261. The van der Waals surface area contributed by atoms with Crippen molar-refractivity contribution in [3.63, 3.8) is 0 Å². The number of hydrogen-bond donors (Lipinski definition) is 2. The van der Waals surface area contributed by atoms with E-state index in [1.807, 2.05) is 6.92 Å². The molecule has 2 aromatic rings. The van der Waals surface area contributed by atoms with Crippen LogP contribution >= 0.6 is 35.8 Å². The van der Waals surface area contributed by atoms with Crippen LogP contribution in [0.25, 0.3) is 11.0 Å². The van der Waals surface area contributed by atoms with Gasteiger partial charge in [-0.25, -0.2) is 10.4 Å². The molecule has 21 heavy (non-hydrogen) atoms. The Kier molecular flexibility index (Phi) is 4.97. The summed E-state index contributed by atoms with van der Waals surface area (Å²) in [6.45, 7) is 2.44. The molecule has 0 atom stereocenters. The monoisotopic (exact) mass is 346 g/mol. The molecule has 6 nitrogen and oxygen atoms in total. The number of carbonyl (C=O) groups excluding carboxylic acids is 1. The molecular weight excluding hydrogens is 335 g/mol. The van der Waals surface area contributed by atoms with E-state index in [0.29, 0.717) is 34.7 Å². The predicted octanol–water partition coefficient (Wildman–Crippen LogP) is 3.20. The summed E-state index contributed by atoms with van der Waals surface area (Å²) < 4.78 is 5.44. The second-order valence-corrected chi connectivity index (χ2v) is 5.42. The summed E-state index contributed by atoms with van der Waals surface area (Å²) >= 11 is 7.29. The Hall–Kier alpha value is -1.44. The van der Waals surface area contributed by atoms with Crippen LogP contribution in [0.2, 0.25) is 5.02 Å². The van der Waals surface area contributed by atoms with Crippen molar-refractivity contribution in [3.05, 3.63) is 23.0 Å². The molecule has 1 amide bonds. The van der Waals surface area contributed by atoms with E-state index in [0.717, 1.165) is 22.8 Å². The third kappa shape index (κ3) is 3.25. The number of aromatic nitrogens is 2. The highest BCUT2D eigenvalue weighted by Crippen LogP contribution is 2.29. The zero-order valence-electron chi connectivity index (χ0n) is 11.0. The average molecular weight is 347 g/mol. The zero-order chi connectivity index (χ0) is 14.1. The number of rotatable bonds is 3. The van der Waals surface area contributed by atoms with Gasteiger partial charge in [0.25, 0.3) is 5.24 Å². The highest BCUT2D eigenvalue weighted by molar-refractivity contribution is 8.14. The largest absolute Gasteiger partial charge is 0.492 e. The lowest BCUT2D eigenvalue weighted by Crippen LogP contribution is -2.24. The number of carbonyl (C=O) groups is 1. The molecular formula is C12H12Cl2N4O2S. The first-order valence-corrected chi connectivity index (χ1v) is 7.35. The summed E-state index contributed by atoms with van der Waals surface area (Å²) in [6.07, 6.45) is 0. The van der Waals surface area contributed by atoms with E-state index in [9.17, 15) is 4.79 Å². The maximum Gasteiger partial charge on any atom is 0.299 e. The van der Waals surface area contributed by atoms with Gasteiger partial charge in [-0.15, -0.1) is 12.4 Å². The van der Waals surface area contributed by atoms with Gasteiger partial charge in [0.05, 0.1) is 28.4 Å². The normalized spacial score (nSPS) is 14.4. The first kappa shape index (κ1) is 15.9. The Balaban J connectivity index is 0.00000161. The van der Waals surface area contributed by atoms with Crippen LogP contribution in [0.5, 0.6) is 5.75 Å². The van der Waals surface area contributed by atoms with Crippen molar-refractivity contribution in [3.8, 4) is 5.75 Å². The van der Waals surface area contributed by atoms with Crippen LogP contribution in [-0.4, -0.2) is 33.3 Å². The van der Waals surface area contributed by atoms with Gasteiger partial charge in [-0.1, -0.05) is 23.4 Å². The molecule has 0 radical (unpaired) electrons. The van der Waals surface area contributed by atoms with Crippen LogP contribution in [0.1, 0.15) is 12.7 Å². The quantitative estimate of drug-likeness (QED) is 0.894. The fourth-order valence-electron chi connectivity index (χ4n) is 1.85. The molecule has 0 saturated carbocycles. The van der Waals surface area contributed by atoms with E-state index in [1.54, 1.807) is 12.1 Å². The first-order chi connectivity index (χ1) is 9.67. The molecule has 3 rings (SSSR count). The number of ether oxygens (including phenoxy) is 1. The van der Waals surface area contributed by atoms with Crippen LogP contribution in [0.3, 0.4) is 0 Å². The van der Waals surface area contributed by atoms with E-state index >= 15 is 0 Å². The van der Waals surface area contributed by atoms with Crippen molar-refractivity contribution >= 4 is 57.8 Å². The van der Waals surface area contributed by atoms with Gasteiger partial charge in [-0.3, -0.25) is 4.79 Å². The summed E-state index contributed by atoms with van der Waals surface area (Å²) in [5, 5.41) is 4.37. The predicted molar refractivity (Wildman–Crippen MR) is 87.0 cm³/mol. The van der Waals surface area contributed by atoms with Gasteiger partial charge in [0, 0.05) is 6.07 Å². The summed E-state index contributed by atoms with van der Waals surface area (Å²) in [7, 11) is 0. The summed E-state index contributed by atoms with van der Waals surface area (Å²) in [5.41, 5.74) is 4.66. The van der Waals surface area contributed by atoms with Gasteiger partial charge in [-0.2, -0.15) is 5.10 Å². The molecule has 1 aromatic heterocycles. The summed E-state index contributed by atoms with van der Waals surface area (Å²) in [4.78, 5) is 18.7. The molecule has 112 valence electrons. The van der Waals surface area contributed by atoms with Crippen molar-refractivity contribution in [1.29, 1.82) is 0 Å². The minimum Gasteiger partial charge on any atom is -0.492 e. The van der Waals surface area contributed by atoms with Gasteiger partial charge in [0.2, 0.25) is 0 Å². The Bertz CT molecular complexity index is 717. The number of nitrogens with zero attached hydrogens (tertiary/aromatic N) is 2. The molecule has 1 aliphatic heterocycles. The van der Waals surface area contributed by atoms with Crippen molar-refractivity contribution in [2.24, 2.45) is 5.10 Å². The van der Waals surface area contributed by atoms with Crippen LogP contribution < -0.4 is 10.2 Å². The van der Waals surface area contributed by atoms with Gasteiger partial charge in [0.1, 0.15) is 11.5 Å². The van der Waals surface area contributed by atoms with Crippen LogP contribution in [0.4, 0.5) is 4.79 Å². The first-order valence-electron chi connectivity index (χ1n) is 5.99. The number of fused-ring (bicyclic) bond motifs is 1. The number of amides is 1. The molecule has 0 spiro atoms. The Morgan fingerprint density at radius 2 is 2.29 bits per heavy atom. The number of H-pyrrole nitrogens is 1. The lowest BCUT2D eigenvalue weighted by Gasteiger charge is -2.08. The second kappa shape index (κ2) is 6.55. The number of hydrazone groups is 1. The second-order valence-electron chi connectivity index (χ2n) is 4.06. The van der Waals surface area contributed by atoms with Crippen molar-refractivity contribution in [1.82, 2.24) is 15.4 Å². The van der Waals surface area contributed by atoms with Gasteiger partial charge >= 0.3 is 0 Å². The molecule has 0 fully saturated rings. The molecule has 2 N–H and O–H groups in total. The van der Waals surface area contributed by atoms with Crippen molar-refractivity contribution in [2.45, 2.75) is 6.92 Å². The zero-order valence-corrected chi connectivity index (χ0v) is 13.4. The van der Waals surface area contributed by atoms with Crippen molar-refractivity contribution < 1.29 is 9.53 Å². The fraction of sp³-hybridized carbons (Fsp3) is 0.250. The van der Waals surface area contributed by atoms with E-state index in [-0.39, 0.29) is 17.6 Å². The van der Waals surface area contributed by atoms with Crippen LogP contribution in [-0.2, 0) is 0 Å². The van der Waals surface area contributed by atoms with E-state index in [4.69, 9.17) is 16.3 Å².